The lowest BCUT2D eigenvalue weighted by Crippen LogP contribution is -2.49. The fraction of sp³-hybridized carbons (Fsp3) is 0.438. The molecule has 1 aromatic carbocycles. The van der Waals surface area contributed by atoms with Gasteiger partial charge in [0.05, 0.1) is 25.2 Å². The van der Waals surface area contributed by atoms with Gasteiger partial charge in [-0.05, 0) is 38.2 Å². The summed E-state index contributed by atoms with van der Waals surface area (Å²) in [6, 6.07) is 6.08. The van der Waals surface area contributed by atoms with E-state index in [4.69, 9.17) is 10.8 Å². The zero-order valence-corrected chi connectivity index (χ0v) is 29.1. The maximum Gasteiger partial charge on any atom is 0.325 e. The van der Waals surface area contributed by atoms with Crippen molar-refractivity contribution in [1.29, 1.82) is 0 Å². The van der Waals surface area contributed by atoms with Crippen molar-refractivity contribution in [3.8, 4) is 0 Å². The number of carboxylic acid groups (broad SMARTS) is 1. The number of ketones is 1. The highest BCUT2D eigenvalue weighted by Crippen LogP contribution is 2.10. The van der Waals surface area contributed by atoms with Crippen LogP contribution in [0.2, 0.25) is 0 Å². The largest absolute Gasteiger partial charge is 0.480 e. The van der Waals surface area contributed by atoms with Crippen molar-refractivity contribution in [2.45, 2.75) is 64.7 Å². The normalized spacial score (nSPS) is 13.2. The average molecular weight is 717 g/mol. The lowest BCUT2D eigenvalue weighted by molar-refractivity contribution is -0.138. The van der Waals surface area contributed by atoms with E-state index in [0.29, 0.717) is 6.42 Å². The highest BCUT2D eigenvalue weighted by Gasteiger charge is 2.28. The molecule has 0 radical (unpaired) electrons. The van der Waals surface area contributed by atoms with E-state index in [9.17, 15) is 28.8 Å². The van der Waals surface area contributed by atoms with Crippen LogP contribution in [0.1, 0.15) is 81.6 Å². The molecular weight excluding hydrogens is 672 g/mol. The molecule has 272 valence electrons. The molecule has 2 heterocycles. The van der Waals surface area contributed by atoms with Gasteiger partial charge in [-0.1, -0.05) is 44.2 Å². The second-order valence-corrected chi connectivity index (χ2v) is 12.0. The molecule has 0 saturated heterocycles. The highest BCUT2D eigenvalue weighted by atomic mass is 35.5. The number of aliphatic carboxylic acids is 1. The molecule has 0 bridgehead atoms. The van der Waals surface area contributed by atoms with Gasteiger partial charge in [-0.2, -0.15) is 0 Å². The number of nitrogens with two attached hydrogens (primary N) is 1. The summed E-state index contributed by atoms with van der Waals surface area (Å²) >= 11 is 0. The number of carbonyl (C=O) groups is 6. The van der Waals surface area contributed by atoms with E-state index in [-0.39, 0.29) is 79.0 Å². The molecule has 0 fully saturated rings. The highest BCUT2D eigenvalue weighted by molar-refractivity contribution is 6.06. The van der Waals surface area contributed by atoms with E-state index in [2.05, 4.69) is 46.5 Å². The first-order chi connectivity index (χ1) is 23.3. The van der Waals surface area contributed by atoms with E-state index in [1.165, 1.54) is 13.3 Å². The number of rotatable bonds is 19. The van der Waals surface area contributed by atoms with Crippen LogP contribution in [0.15, 0.2) is 43.0 Å². The van der Waals surface area contributed by atoms with Crippen LogP contribution < -0.4 is 32.3 Å². The Balaban J connectivity index is 0.00000867. The second-order valence-electron chi connectivity index (χ2n) is 12.0. The summed E-state index contributed by atoms with van der Waals surface area (Å²) in [6.07, 6.45) is 3.05. The first-order valence-electron chi connectivity index (χ1n) is 15.8. The molecule has 3 rings (SSSR count). The quantitative estimate of drug-likeness (QED) is 0.0808. The summed E-state index contributed by atoms with van der Waals surface area (Å²) in [5, 5.41) is 22.7. The van der Waals surface area contributed by atoms with E-state index in [1.54, 1.807) is 6.92 Å². The van der Waals surface area contributed by atoms with Gasteiger partial charge in [-0.15, -0.1) is 12.4 Å². The maximum absolute atomic E-state index is 13.5. The Morgan fingerprint density at radius 2 is 1.36 bits per heavy atom. The van der Waals surface area contributed by atoms with Crippen LogP contribution in [-0.4, -0.2) is 104 Å². The van der Waals surface area contributed by atoms with Gasteiger partial charge >= 0.3 is 5.97 Å². The number of hydrogen-bond acceptors (Lipinski definition) is 10. The Kier molecular flexibility index (Phi) is 16.2. The lowest BCUT2D eigenvalue weighted by Gasteiger charge is -2.22. The minimum Gasteiger partial charge on any atom is -0.480 e. The summed E-state index contributed by atoms with van der Waals surface area (Å²) in [7, 11) is 0. The number of nitrogens with zero attached hydrogens (tertiary/aromatic N) is 2. The van der Waals surface area contributed by atoms with Crippen LogP contribution in [-0.2, 0) is 16.0 Å². The summed E-state index contributed by atoms with van der Waals surface area (Å²) in [5.41, 5.74) is 5.74. The SMILES string of the molecule is CC(C)C[C@@H](CNCC(=O)[C@H](Cc1ccccc1)NC(=O)c1[nH]cnc1C(=O)N[C@@H](C)CN)NC(=O)c1nc[nH]c1C(=O)N[C@@H](C)C(=O)O.Cl. The Morgan fingerprint density at radius 3 is 1.90 bits per heavy atom. The molecular formula is C32H45ClN10O7. The summed E-state index contributed by atoms with van der Waals surface area (Å²) in [6.45, 7) is 7.09. The van der Waals surface area contributed by atoms with Gasteiger partial charge < -0.3 is 47.4 Å². The van der Waals surface area contributed by atoms with Gasteiger partial charge in [0.1, 0.15) is 17.4 Å². The number of hydrogen-bond donors (Lipinski definition) is 9. The number of halogens is 1. The zero-order valence-electron chi connectivity index (χ0n) is 28.2. The maximum atomic E-state index is 13.5. The van der Waals surface area contributed by atoms with Crippen molar-refractivity contribution in [2.75, 3.05) is 19.6 Å². The second kappa shape index (κ2) is 19.8. The van der Waals surface area contributed by atoms with Gasteiger partial charge in [-0.3, -0.25) is 28.8 Å². The van der Waals surface area contributed by atoms with Crippen molar-refractivity contribution >= 4 is 47.8 Å². The first kappa shape index (κ1) is 41.0. The van der Waals surface area contributed by atoms with E-state index in [0.717, 1.165) is 11.9 Å². The Hall–Kier alpha value is -5.13. The Morgan fingerprint density at radius 1 is 0.800 bits per heavy atom. The van der Waals surface area contributed by atoms with Gasteiger partial charge in [0.2, 0.25) is 0 Å². The minimum absolute atomic E-state index is 0. The number of H-pyrrole nitrogens is 2. The van der Waals surface area contributed by atoms with E-state index >= 15 is 0 Å². The van der Waals surface area contributed by atoms with Crippen molar-refractivity contribution in [2.24, 2.45) is 11.7 Å². The van der Waals surface area contributed by atoms with Crippen LogP contribution in [0, 0.1) is 5.92 Å². The van der Waals surface area contributed by atoms with Gasteiger partial charge in [0, 0.05) is 25.2 Å². The number of carboxylic acids is 1. The topological polar surface area (TPSA) is 266 Å². The molecule has 18 heteroatoms. The van der Waals surface area contributed by atoms with Gasteiger partial charge in [0.25, 0.3) is 23.6 Å². The van der Waals surface area contributed by atoms with Gasteiger partial charge in [0.15, 0.2) is 17.2 Å². The number of benzene rings is 1. The number of aromatic amines is 2. The number of Topliss-reactive ketones (excluding diaryl/α,β-unsaturated/α-hetero) is 1. The summed E-state index contributed by atoms with van der Waals surface area (Å²) in [5.74, 6) is -4.21. The van der Waals surface area contributed by atoms with E-state index in [1.807, 2.05) is 44.2 Å². The molecule has 10 N–H and O–H groups in total. The molecule has 0 aliphatic rings. The third kappa shape index (κ3) is 12.1. The number of imidazole rings is 2. The molecule has 3 aromatic rings. The summed E-state index contributed by atoms with van der Waals surface area (Å²) < 4.78 is 0. The Bertz CT molecular complexity index is 1610. The lowest BCUT2D eigenvalue weighted by atomic mass is 10.0. The number of nitrogens with one attached hydrogen (secondary N) is 7. The molecule has 0 saturated carbocycles. The first-order valence-corrected chi connectivity index (χ1v) is 15.8. The number of amides is 4. The fourth-order valence-corrected chi connectivity index (χ4v) is 4.80. The third-order valence-electron chi connectivity index (χ3n) is 7.37. The predicted molar refractivity (Wildman–Crippen MR) is 185 cm³/mol. The van der Waals surface area contributed by atoms with Gasteiger partial charge in [-0.25, -0.2) is 9.97 Å². The smallest absolute Gasteiger partial charge is 0.325 e. The molecule has 0 spiro atoms. The molecule has 4 atom stereocenters. The molecule has 0 unspecified atom stereocenters. The molecule has 0 aliphatic heterocycles. The molecule has 17 nitrogen and oxygen atoms in total. The zero-order chi connectivity index (χ0) is 36.1. The van der Waals surface area contributed by atoms with E-state index < -0.39 is 47.7 Å². The Labute approximate surface area is 295 Å². The van der Waals surface area contributed by atoms with Crippen LogP contribution in [0.25, 0.3) is 0 Å². The van der Waals surface area contributed by atoms with Crippen molar-refractivity contribution in [3.05, 3.63) is 71.3 Å². The molecule has 2 aromatic heterocycles. The van der Waals surface area contributed by atoms with Crippen molar-refractivity contribution < 1.29 is 33.9 Å². The van der Waals surface area contributed by atoms with Crippen LogP contribution in [0.5, 0.6) is 0 Å². The minimum atomic E-state index is -1.24. The summed E-state index contributed by atoms with van der Waals surface area (Å²) in [4.78, 5) is 89.6. The third-order valence-corrected chi connectivity index (χ3v) is 7.37. The fourth-order valence-electron chi connectivity index (χ4n) is 4.80. The van der Waals surface area contributed by atoms with Crippen molar-refractivity contribution in [3.63, 3.8) is 0 Å². The molecule has 0 aliphatic carbocycles. The average Bonchev–Trinajstić information content (AvgIpc) is 3.75. The van der Waals surface area contributed by atoms with Crippen LogP contribution in [0.4, 0.5) is 0 Å². The standard InChI is InChI=1S/C32H44N10O7.ClH/c1-17(2)10-21(41-30(46)26-25(36-16-37-26)29(45)40-19(4)32(48)49)13-34-14-23(43)22(11-20-8-6-5-7-9-20)42-31(47)27-24(35-15-38-27)28(44)39-18(3)12-33;/h5-9,15-19,21-22,34H,10-14,33H2,1-4H3,(H,35,38)(H,36,37)(H,39,44)(H,40,45)(H,41,46)(H,42,47)(H,48,49);1H/t18-,19-,21-,22-;/m0./s1. The van der Waals surface area contributed by atoms with Crippen LogP contribution in [0.3, 0.4) is 0 Å². The number of carbonyl (C=O) groups excluding carboxylic acids is 5. The number of aromatic nitrogens is 4. The molecule has 50 heavy (non-hydrogen) atoms. The predicted octanol–water partition coefficient (Wildman–Crippen LogP) is 0.179. The monoisotopic (exact) mass is 716 g/mol. The van der Waals surface area contributed by atoms with Crippen LogP contribution >= 0.6 is 12.4 Å². The van der Waals surface area contributed by atoms with Crippen molar-refractivity contribution in [1.82, 2.24) is 46.5 Å². The molecule has 4 amide bonds.